The maximum Gasteiger partial charge on any atom is 0.252 e. The van der Waals surface area contributed by atoms with E-state index in [1.54, 1.807) is 0 Å². The number of hydrazine groups is 3. The van der Waals surface area contributed by atoms with Gasteiger partial charge < -0.3 is 0 Å². The standard InChI is InChI=1S/C2H6N4O/c3-6-1-2(7)4-5-6/h5H,1,3H2,(H,4,7). The van der Waals surface area contributed by atoms with Crippen LogP contribution in [-0.4, -0.2) is 17.6 Å². The molecule has 1 fully saturated rings. The van der Waals surface area contributed by atoms with Gasteiger partial charge in [0.05, 0.1) is 0 Å². The van der Waals surface area contributed by atoms with E-state index in [0.717, 1.165) is 0 Å². The Bertz CT molecular complexity index is 91.7. The number of nitrogens with one attached hydrogen (secondary N) is 2. The highest BCUT2D eigenvalue weighted by Gasteiger charge is 2.12. The number of nitrogens with two attached hydrogens (primary N) is 1. The molecule has 0 aromatic heterocycles. The summed E-state index contributed by atoms with van der Waals surface area (Å²) in [5.74, 6) is 4.96. The molecule has 1 aliphatic rings. The Morgan fingerprint density at radius 1 is 1.86 bits per heavy atom. The van der Waals surface area contributed by atoms with E-state index in [0.29, 0.717) is 0 Å². The summed E-state index contributed by atoms with van der Waals surface area (Å²) in [5.41, 5.74) is 4.66. The molecule has 5 heteroatoms. The number of carbonyl (C=O) groups excluding carboxylic acids is 1. The van der Waals surface area contributed by atoms with Gasteiger partial charge in [-0.3, -0.25) is 16.1 Å². The molecule has 0 spiro atoms. The van der Waals surface area contributed by atoms with Gasteiger partial charge in [-0.2, -0.15) is 10.7 Å². The molecule has 0 aliphatic carbocycles. The van der Waals surface area contributed by atoms with Crippen LogP contribution in [0, 0.1) is 0 Å². The molecule has 1 aliphatic heterocycles. The highest BCUT2D eigenvalue weighted by Crippen LogP contribution is 1.74. The summed E-state index contributed by atoms with van der Waals surface area (Å²) in [6.45, 7) is 0.222. The first-order chi connectivity index (χ1) is 3.29. The number of amides is 1. The molecule has 0 radical (unpaired) electrons. The predicted molar refractivity (Wildman–Crippen MR) is 22.2 cm³/mol. The molecule has 1 rings (SSSR count). The molecule has 0 aromatic rings. The van der Waals surface area contributed by atoms with Crippen molar-refractivity contribution >= 4 is 5.91 Å². The van der Waals surface area contributed by atoms with Gasteiger partial charge in [-0.1, -0.05) is 0 Å². The van der Waals surface area contributed by atoms with Crippen LogP contribution in [0.25, 0.3) is 0 Å². The van der Waals surface area contributed by atoms with Crippen molar-refractivity contribution in [2.45, 2.75) is 0 Å². The van der Waals surface area contributed by atoms with Crippen molar-refractivity contribution in [1.82, 2.24) is 16.1 Å². The molecule has 1 amide bonds. The summed E-state index contributed by atoms with van der Waals surface area (Å²) in [6.07, 6.45) is 0. The fourth-order valence-corrected chi connectivity index (χ4v) is 0.368. The SMILES string of the molecule is NN1CC(=O)NN1. The molecular formula is C2H6N4O. The molecule has 0 aromatic carbocycles. The molecular weight excluding hydrogens is 96.0 g/mol. The normalized spacial score (nSPS) is 22.7. The van der Waals surface area contributed by atoms with Crippen LogP contribution in [0.3, 0.4) is 0 Å². The maximum atomic E-state index is 10.2. The quantitative estimate of drug-likeness (QED) is 0.301. The minimum Gasteiger partial charge on any atom is -0.275 e. The Morgan fingerprint density at radius 3 is 2.71 bits per heavy atom. The average Bonchev–Trinajstić information content (AvgIpc) is 1.87. The Hall–Kier alpha value is -0.650. The largest absolute Gasteiger partial charge is 0.275 e. The molecule has 40 valence electrons. The van der Waals surface area contributed by atoms with Crippen LogP contribution >= 0.6 is 0 Å². The van der Waals surface area contributed by atoms with Crippen LogP contribution in [0.15, 0.2) is 0 Å². The Labute approximate surface area is 40.4 Å². The molecule has 1 heterocycles. The first-order valence-corrected chi connectivity index (χ1v) is 1.86. The second kappa shape index (κ2) is 1.45. The molecule has 1 saturated heterocycles. The number of hydrogen-bond acceptors (Lipinski definition) is 4. The number of nitrogens with zero attached hydrogens (tertiary/aromatic N) is 1. The first kappa shape index (κ1) is 4.51. The third-order valence-electron chi connectivity index (χ3n) is 0.653. The zero-order chi connectivity index (χ0) is 5.28. The van der Waals surface area contributed by atoms with Gasteiger partial charge in [0.1, 0.15) is 6.54 Å². The van der Waals surface area contributed by atoms with Crippen molar-refractivity contribution in [3.63, 3.8) is 0 Å². The molecule has 0 saturated carbocycles. The summed E-state index contributed by atoms with van der Waals surface area (Å²) in [6, 6.07) is 0. The lowest BCUT2D eigenvalue weighted by molar-refractivity contribution is -0.118. The molecule has 5 nitrogen and oxygen atoms in total. The van der Waals surface area contributed by atoms with E-state index in [-0.39, 0.29) is 12.5 Å². The van der Waals surface area contributed by atoms with E-state index in [4.69, 9.17) is 5.84 Å². The van der Waals surface area contributed by atoms with E-state index in [9.17, 15) is 4.79 Å². The summed E-state index contributed by atoms with van der Waals surface area (Å²) < 4.78 is 0. The van der Waals surface area contributed by atoms with Gasteiger partial charge in [-0.15, -0.1) is 0 Å². The van der Waals surface area contributed by atoms with E-state index < -0.39 is 0 Å². The lowest BCUT2D eigenvalue weighted by Crippen LogP contribution is -2.41. The third kappa shape index (κ3) is 0.861. The topological polar surface area (TPSA) is 70.4 Å². The van der Waals surface area contributed by atoms with Crippen LogP contribution in [0.2, 0.25) is 0 Å². The van der Waals surface area contributed by atoms with E-state index in [1.165, 1.54) is 5.12 Å². The zero-order valence-electron chi connectivity index (χ0n) is 3.64. The number of hydrogen-bond donors (Lipinski definition) is 3. The lowest BCUT2D eigenvalue weighted by atomic mass is 10.7. The van der Waals surface area contributed by atoms with Gasteiger partial charge in [0.2, 0.25) is 0 Å². The van der Waals surface area contributed by atoms with E-state index in [2.05, 4.69) is 11.0 Å². The summed E-state index contributed by atoms with van der Waals surface area (Å²) in [7, 11) is 0. The van der Waals surface area contributed by atoms with Crippen molar-refractivity contribution in [3.05, 3.63) is 0 Å². The van der Waals surface area contributed by atoms with Crippen molar-refractivity contribution < 1.29 is 4.79 Å². The summed E-state index contributed by atoms with van der Waals surface area (Å²) >= 11 is 0. The average molecular weight is 102 g/mol. The van der Waals surface area contributed by atoms with Crippen LogP contribution < -0.4 is 16.8 Å². The minimum atomic E-state index is -0.109. The molecule has 4 N–H and O–H groups in total. The Morgan fingerprint density at radius 2 is 2.57 bits per heavy atom. The summed E-state index contributed by atoms with van der Waals surface area (Å²) in [4.78, 5) is 10.2. The highest BCUT2D eigenvalue weighted by molar-refractivity contribution is 5.78. The number of carbonyl (C=O) groups is 1. The van der Waals surface area contributed by atoms with Crippen LogP contribution in [0.4, 0.5) is 0 Å². The number of rotatable bonds is 0. The molecule has 0 bridgehead atoms. The fourth-order valence-electron chi connectivity index (χ4n) is 0.368. The first-order valence-electron chi connectivity index (χ1n) is 1.86. The second-order valence-corrected chi connectivity index (χ2v) is 1.29. The smallest absolute Gasteiger partial charge is 0.252 e. The Kier molecular flexibility index (Phi) is 0.935. The van der Waals surface area contributed by atoms with Crippen molar-refractivity contribution in [3.8, 4) is 0 Å². The van der Waals surface area contributed by atoms with Gasteiger partial charge in [0.25, 0.3) is 5.91 Å². The van der Waals surface area contributed by atoms with Crippen molar-refractivity contribution in [2.24, 2.45) is 5.84 Å². The van der Waals surface area contributed by atoms with Gasteiger partial charge in [-0.05, 0) is 0 Å². The summed E-state index contributed by atoms with van der Waals surface area (Å²) in [5, 5.41) is 1.17. The van der Waals surface area contributed by atoms with E-state index in [1.807, 2.05) is 0 Å². The van der Waals surface area contributed by atoms with Crippen LogP contribution in [-0.2, 0) is 4.79 Å². The van der Waals surface area contributed by atoms with E-state index >= 15 is 0 Å². The molecule has 0 unspecified atom stereocenters. The third-order valence-corrected chi connectivity index (χ3v) is 0.653. The van der Waals surface area contributed by atoms with Crippen LogP contribution in [0.1, 0.15) is 0 Å². The van der Waals surface area contributed by atoms with Gasteiger partial charge >= 0.3 is 0 Å². The van der Waals surface area contributed by atoms with Gasteiger partial charge in [0.15, 0.2) is 0 Å². The zero-order valence-corrected chi connectivity index (χ0v) is 3.64. The van der Waals surface area contributed by atoms with Crippen LogP contribution in [0.5, 0.6) is 0 Å². The van der Waals surface area contributed by atoms with Crippen molar-refractivity contribution in [1.29, 1.82) is 0 Å². The highest BCUT2D eigenvalue weighted by atomic mass is 16.2. The predicted octanol–water partition coefficient (Wildman–Crippen LogP) is -2.29. The molecule has 7 heavy (non-hydrogen) atoms. The Balaban J connectivity index is 2.40. The van der Waals surface area contributed by atoms with Crippen molar-refractivity contribution in [2.75, 3.05) is 6.54 Å². The minimum absolute atomic E-state index is 0.109. The monoisotopic (exact) mass is 102 g/mol. The van der Waals surface area contributed by atoms with Gasteiger partial charge in [0, 0.05) is 0 Å². The fraction of sp³-hybridized carbons (Fsp3) is 0.500. The maximum absolute atomic E-state index is 10.2. The molecule has 0 atom stereocenters. The van der Waals surface area contributed by atoms with Gasteiger partial charge in [-0.25, -0.2) is 0 Å². The second-order valence-electron chi connectivity index (χ2n) is 1.29. The lowest BCUT2D eigenvalue weighted by Gasteiger charge is -2.00.